The van der Waals surface area contributed by atoms with E-state index in [1.165, 1.54) is 17.8 Å². The van der Waals surface area contributed by atoms with Crippen molar-refractivity contribution in [3.05, 3.63) is 23.3 Å². The van der Waals surface area contributed by atoms with Crippen LogP contribution in [0.2, 0.25) is 0 Å². The van der Waals surface area contributed by atoms with E-state index in [0.29, 0.717) is 10.5 Å². The summed E-state index contributed by atoms with van der Waals surface area (Å²) in [6.07, 6.45) is 0. The van der Waals surface area contributed by atoms with E-state index in [0.717, 1.165) is 0 Å². The maximum Gasteiger partial charge on any atom is 0.280 e. The summed E-state index contributed by atoms with van der Waals surface area (Å²) in [6, 6.07) is 3.07. The SMILES string of the molecule is Cc1cc2c(cc1C(=O)N=C(N)N)S(=O)(=O)CC(C)S2. The molecule has 1 aliphatic rings. The average molecular weight is 313 g/mol. The van der Waals surface area contributed by atoms with Crippen LogP contribution in [0.15, 0.2) is 26.9 Å². The Kier molecular flexibility index (Phi) is 3.79. The Morgan fingerprint density at radius 2 is 2.05 bits per heavy atom. The Bertz CT molecular complexity index is 707. The molecule has 1 amide bonds. The van der Waals surface area contributed by atoms with Gasteiger partial charge in [0.05, 0.1) is 10.6 Å². The van der Waals surface area contributed by atoms with Crippen LogP contribution < -0.4 is 11.5 Å². The molecule has 0 fully saturated rings. The number of carbonyl (C=O) groups excluding carboxylic acids is 1. The smallest absolute Gasteiger partial charge is 0.280 e. The molecular weight excluding hydrogens is 298 g/mol. The Balaban J connectivity index is 2.61. The molecule has 0 radical (unpaired) electrons. The van der Waals surface area contributed by atoms with Crippen LogP contribution >= 0.6 is 11.8 Å². The van der Waals surface area contributed by atoms with Crippen LogP contribution in [0.25, 0.3) is 0 Å². The topological polar surface area (TPSA) is 116 Å². The van der Waals surface area contributed by atoms with Crippen molar-refractivity contribution in [2.75, 3.05) is 5.75 Å². The van der Waals surface area contributed by atoms with Gasteiger partial charge in [-0.1, -0.05) is 6.92 Å². The number of amides is 1. The molecule has 4 N–H and O–H groups in total. The van der Waals surface area contributed by atoms with E-state index in [1.54, 1.807) is 13.0 Å². The van der Waals surface area contributed by atoms with Crippen LogP contribution in [0.3, 0.4) is 0 Å². The van der Waals surface area contributed by atoms with E-state index in [2.05, 4.69) is 4.99 Å². The van der Waals surface area contributed by atoms with Gasteiger partial charge in [0, 0.05) is 15.7 Å². The van der Waals surface area contributed by atoms with Crippen LogP contribution in [-0.4, -0.2) is 31.3 Å². The number of hydrogen-bond acceptors (Lipinski definition) is 4. The number of hydrogen-bond donors (Lipinski definition) is 2. The van der Waals surface area contributed by atoms with Crippen molar-refractivity contribution in [1.29, 1.82) is 0 Å². The molecule has 20 heavy (non-hydrogen) atoms. The van der Waals surface area contributed by atoms with Gasteiger partial charge in [0.2, 0.25) is 0 Å². The molecule has 1 aromatic carbocycles. The van der Waals surface area contributed by atoms with Crippen molar-refractivity contribution in [2.45, 2.75) is 28.9 Å². The fraction of sp³-hybridized carbons (Fsp3) is 0.333. The third kappa shape index (κ3) is 2.80. The Morgan fingerprint density at radius 3 is 2.65 bits per heavy atom. The van der Waals surface area contributed by atoms with E-state index >= 15 is 0 Å². The van der Waals surface area contributed by atoms with Gasteiger partial charge < -0.3 is 11.5 Å². The molecule has 1 aliphatic heterocycles. The summed E-state index contributed by atoms with van der Waals surface area (Å²) in [5.74, 6) is -0.925. The molecule has 1 unspecified atom stereocenters. The molecule has 2 rings (SSSR count). The van der Waals surface area contributed by atoms with Crippen LogP contribution in [0.1, 0.15) is 22.8 Å². The summed E-state index contributed by atoms with van der Waals surface area (Å²) in [7, 11) is -3.38. The summed E-state index contributed by atoms with van der Waals surface area (Å²) in [5.41, 5.74) is 11.2. The standard InChI is InChI=1S/C12H15N3O3S2/c1-6-3-9-10(20(17,18)5-7(2)19-9)4-8(6)11(16)15-12(13)14/h3-4,7H,5H2,1-2H3,(H4,13,14,15,16). The lowest BCUT2D eigenvalue weighted by Crippen LogP contribution is -2.25. The van der Waals surface area contributed by atoms with Crippen LogP contribution in [0, 0.1) is 6.92 Å². The highest BCUT2D eigenvalue weighted by Crippen LogP contribution is 2.38. The number of thioether (sulfide) groups is 1. The largest absolute Gasteiger partial charge is 0.370 e. The van der Waals surface area contributed by atoms with Crippen molar-refractivity contribution >= 4 is 33.5 Å². The van der Waals surface area contributed by atoms with Gasteiger partial charge in [-0.05, 0) is 24.6 Å². The van der Waals surface area contributed by atoms with Crippen molar-refractivity contribution in [2.24, 2.45) is 16.5 Å². The predicted octanol–water partition coefficient (Wildman–Crippen LogP) is 0.677. The second kappa shape index (κ2) is 5.10. The summed E-state index contributed by atoms with van der Waals surface area (Å²) in [5, 5.41) is -0.00819. The summed E-state index contributed by atoms with van der Waals surface area (Å²) in [6.45, 7) is 3.58. The Labute approximate surface area is 121 Å². The molecule has 108 valence electrons. The van der Waals surface area contributed by atoms with E-state index in [1.807, 2.05) is 6.92 Å². The fourth-order valence-corrected chi connectivity index (χ4v) is 5.70. The fourth-order valence-electron chi connectivity index (χ4n) is 2.05. The average Bonchev–Trinajstić information content (AvgIpc) is 2.24. The molecular formula is C12H15N3O3S2. The number of sulfone groups is 1. The minimum absolute atomic E-state index is 0.00819. The zero-order chi connectivity index (χ0) is 15.1. The Hall–Kier alpha value is -1.54. The number of rotatable bonds is 1. The van der Waals surface area contributed by atoms with E-state index < -0.39 is 15.7 Å². The minimum atomic E-state index is -3.38. The van der Waals surface area contributed by atoms with Gasteiger partial charge in [0.25, 0.3) is 5.91 Å². The zero-order valence-electron chi connectivity index (χ0n) is 11.1. The van der Waals surface area contributed by atoms with Gasteiger partial charge in [-0.15, -0.1) is 11.8 Å². The van der Waals surface area contributed by atoms with E-state index in [-0.39, 0.29) is 27.4 Å². The van der Waals surface area contributed by atoms with Gasteiger partial charge in [0.1, 0.15) is 0 Å². The molecule has 6 nitrogen and oxygen atoms in total. The number of guanidine groups is 1. The third-order valence-electron chi connectivity index (χ3n) is 2.87. The first-order valence-electron chi connectivity index (χ1n) is 5.88. The molecule has 0 saturated heterocycles. The van der Waals surface area contributed by atoms with Crippen molar-refractivity contribution in [3.8, 4) is 0 Å². The monoisotopic (exact) mass is 313 g/mol. The molecule has 0 saturated carbocycles. The van der Waals surface area contributed by atoms with Gasteiger partial charge >= 0.3 is 0 Å². The molecule has 1 atom stereocenters. The number of nitrogens with zero attached hydrogens (tertiary/aromatic N) is 1. The number of aryl methyl sites for hydroxylation is 1. The molecule has 0 aromatic heterocycles. The predicted molar refractivity (Wildman–Crippen MR) is 78.7 cm³/mol. The molecule has 1 heterocycles. The lowest BCUT2D eigenvalue weighted by atomic mass is 10.1. The summed E-state index contributed by atoms with van der Waals surface area (Å²) >= 11 is 1.49. The van der Waals surface area contributed by atoms with Crippen molar-refractivity contribution < 1.29 is 13.2 Å². The van der Waals surface area contributed by atoms with Gasteiger partial charge in [-0.25, -0.2) is 8.42 Å². The molecule has 1 aromatic rings. The van der Waals surface area contributed by atoms with Crippen molar-refractivity contribution in [3.63, 3.8) is 0 Å². The molecule has 0 aliphatic carbocycles. The number of nitrogens with two attached hydrogens (primary N) is 2. The first kappa shape index (κ1) is 14.9. The maximum absolute atomic E-state index is 12.2. The van der Waals surface area contributed by atoms with Crippen LogP contribution in [0.5, 0.6) is 0 Å². The highest BCUT2D eigenvalue weighted by Gasteiger charge is 2.30. The minimum Gasteiger partial charge on any atom is -0.370 e. The van der Waals surface area contributed by atoms with E-state index in [4.69, 9.17) is 11.5 Å². The first-order chi connectivity index (χ1) is 9.20. The second-order valence-electron chi connectivity index (χ2n) is 4.67. The van der Waals surface area contributed by atoms with Gasteiger partial charge in [0.15, 0.2) is 15.8 Å². The molecule has 8 heteroatoms. The summed E-state index contributed by atoms with van der Waals surface area (Å²) < 4.78 is 24.4. The lowest BCUT2D eigenvalue weighted by molar-refractivity contribution is 0.100. The van der Waals surface area contributed by atoms with Crippen LogP contribution in [0.4, 0.5) is 0 Å². The van der Waals surface area contributed by atoms with Crippen molar-refractivity contribution in [1.82, 2.24) is 0 Å². The Morgan fingerprint density at radius 1 is 1.40 bits per heavy atom. The number of fused-ring (bicyclic) bond motifs is 1. The highest BCUT2D eigenvalue weighted by molar-refractivity contribution is 8.03. The van der Waals surface area contributed by atoms with Gasteiger partial charge in [-0.2, -0.15) is 4.99 Å². The first-order valence-corrected chi connectivity index (χ1v) is 8.42. The van der Waals surface area contributed by atoms with Gasteiger partial charge in [-0.3, -0.25) is 4.79 Å². The van der Waals surface area contributed by atoms with Crippen LogP contribution in [-0.2, 0) is 9.84 Å². The highest BCUT2D eigenvalue weighted by atomic mass is 32.2. The number of benzene rings is 1. The zero-order valence-corrected chi connectivity index (χ0v) is 12.7. The number of carbonyl (C=O) groups is 1. The molecule has 0 spiro atoms. The third-order valence-corrected chi connectivity index (χ3v) is 6.32. The number of aliphatic imine (C=N–C) groups is 1. The summed E-state index contributed by atoms with van der Waals surface area (Å²) in [4.78, 5) is 16.2. The maximum atomic E-state index is 12.2. The van der Waals surface area contributed by atoms with E-state index in [9.17, 15) is 13.2 Å². The lowest BCUT2D eigenvalue weighted by Gasteiger charge is -2.22. The second-order valence-corrected chi connectivity index (χ2v) is 8.15. The normalized spacial score (nSPS) is 20.0. The quantitative estimate of drug-likeness (QED) is 0.582. The molecule has 0 bridgehead atoms.